The predicted molar refractivity (Wildman–Crippen MR) is 20.2 cm³/mol. The monoisotopic (exact) mass is 132 g/mol. The zero-order valence-corrected chi connectivity index (χ0v) is 6.74. The molecular formula is C4H6NZn-. The van der Waals surface area contributed by atoms with E-state index in [4.69, 9.17) is 5.26 Å². The Bertz CT molecular complexity index is 46.0. The number of nitriles is 1. The standard InChI is InChI=1S/C4H6N.Zn/c1-2-3-4-5;/h1-3H2;/q-1;. The number of rotatable bonds is 1. The molecule has 0 radical (unpaired) electrons. The van der Waals surface area contributed by atoms with Gasteiger partial charge in [0.25, 0.3) is 0 Å². The fourth-order valence-electron chi connectivity index (χ4n) is 0.0791. The summed E-state index contributed by atoms with van der Waals surface area (Å²) in [6.45, 7) is 3.45. The van der Waals surface area contributed by atoms with Crippen molar-refractivity contribution in [2.75, 3.05) is 0 Å². The minimum Gasteiger partial charge on any atom is -0.342 e. The van der Waals surface area contributed by atoms with E-state index < -0.39 is 0 Å². The predicted octanol–water partition coefficient (Wildman–Crippen LogP) is 1.12. The van der Waals surface area contributed by atoms with E-state index in [0.29, 0.717) is 6.42 Å². The SMILES string of the molecule is [CH2-]CCC#N.[Zn]. The van der Waals surface area contributed by atoms with Crippen molar-refractivity contribution in [3.05, 3.63) is 6.92 Å². The van der Waals surface area contributed by atoms with Crippen LogP contribution in [0.2, 0.25) is 0 Å². The summed E-state index contributed by atoms with van der Waals surface area (Å²) in [5.41, 5.74) is 0. The van der Waals surface area contributed by atoms with E-state index in [0.717, 1.165) is 6.42 Å². The smallest absolute Gasteiger partial charge is 0.0594 e. The Balaban J connectivity index is 0. The summed E-state index contributed by atoms with van der Waals surface area (Å²) in [7, 11) is 0. The topological polar surface area (TPSA) is 23.8 Å². The fourth-order valence-corrected chi connectivity index (χ4v) is 0.0791. The minimum absolute atomic E-state index is 0. The van der Waals surface area contributed by atoms with Crippen molar-refractivity contribution < 1.29 is 19.5 Å². The van der Waals surface area contributed by atoms with Gasteiger partial charge in [0.2, 0.25) is 0 Å². The third-order valence-electron chi connectivity index (χ3n) is 0.289. The van der Waals surface area contributed by atoms with Crippen LogP contribution < -0.4 is 0 Å². The zero-order valence-electron chi connectivity index (χ0n) is 3.78. The van der Waals surface area contributed by atoms with Gasteiger partial charge in [0.05, 0.1) is 6.07 Å². The molecule has 0 bridgehead atoms. The van der Waals surface area contributed by atoms with Gasteiger partial charge < -0.3 is 6.92 Å². The molecule has 6 heavy (non-hydrogen) atoms. The first-order valence-corrected chi connectivity index (χ1v) is 1.58. The van der Waals surface area contributed by atoms with E-state index in [1.54, 1.807) is 0 Å². The first-order valence-electron chi connectivity index (χ1n) is 1.58. The molecule has 0 aliphatic heterocycles. The first kappa shape index (κ1) is 9.45. The van der Waals surface area contributed by atoms with Gasteiger partial charge in [0.15, 0.2) is 0 Å². The van der Waals surface area contributed by atoms with Crippen LogP contribution in [0.5, 0.6) is 0 Å². The first-order chi connectivity index (χ1) is 2.41. The third kappa shape index (κ3) is 8.93. The van der Waals surface area contributed by atoms with E-state index in [2.05, 4.69) is 6.92 Å². The van der Waals surface area contributed by atoms with Crippen LogP contribution in [0.1, 0.15) is 12.8 Å². The number of unbranched alkanes of at least 4 members (excludes halogenated alkanes) is 1. The molecule has 0 unspecified atom stereocenters. The molecule has 0 aliphatic rings. The molecule has 1 nitrogen and oxygen atoms in total. The second-order valence-corrected chi connectivity index (χ2v) is 0.762. The van der Waals surface area contributed by atoms with Crippen molar-refractivity contribution in [1.82, 2.24) is 0 Å². The van der Waals surface area contributed by atoms with Crippen LogP contribution >= 0.6 is 0 Å². The summed E-state index contributed by atoms with van der Waals surface area (Å²) in [5, 5.41) is 7.78. The number of hydrogen-bond donors (Lipinski definition) is 0. The molecule has 0 N–H and O–H groups in total. The van der Waals surface area contributed by atoms with Gasteiger partial charge in [-0.15, -0.1) is 0 Å². The minimum atomic E-state index is 0. The molecule has 0 rings (SSSR count). The largest absolute Gasteiger partial charge is 0.342 e. The van der Waals surface area contributed by atoms with Gasteiger partial charge in [-0.3, -0.25) is 0 Å². The van der Waals surface area contributed by atoms with Gasteiger partial charge in [-0.2, -0.15) is 11.7 Å². The summed E-state index contributed by atoms with van der Waals surface area (Å²) >= 11 is 0. The quantitative estimate of drug-likeness (QED) is 0.389. The van der Waals surface area contributed by atoms with Crippen LogP contribution in [0.4, 0.5) is 0 Å². The Morgan fingerprint density at radius 2 is 2.17 bits per heavy atom. The molecule has 0 atom stereocenters. The normalized spacial score (nSPS) is 5.33. The molecular weight excluding hydrogens is 127 g/mol. The molecule has 0 fully saturated rings. The van der Waals surface area contributed by atoms with Crippen molar-refractivity contribution in [3.63, 3.8) is 0 Å². The van der Waals surface area contributed by atoms with Gasteiger partial charge in [-0.1, -0.05) is 0 Å². The maximum absolute atomic E-state index is 7.78. The summed E-state index contributed by atoms with van der Waals surface area (Å²) in [6, 6.07) is 1.95. The molecule has 0 aromatic carbocycles. The van der Waals surface area contributed by atoms with Crippen molar-refractivity contribution >= 4 is 0 Å². The second kappa shape index (κ2) is 8.93. The van der Waals surface area contributed by atoms with Crippen LogP contribution in [-0.4, -0.2) is 0 Å². The number of hydrogen-bond acceptors (Lipinski definition) is 1. The third-order valence-corrected chi connectivity index (χ3v) is 0.289. The number of nitrogens with zero attached hydrogens (tertiary/aromatic N) is 1. The average molecular weight is 133 g/mol. The van der Waals surface area contributed by atoms with Gasteiger partial charge in [0.1, 0.15) is 0 Å². The zero-order chi connectivity index (χ0) is 4.12. The summed E-state index contributed by atoms with van der Waals surface area (Å²) in [4.78, 5) is 0. The van der Waals surface area contributed by atoms with Crippen LogP contribution in [-0.2, 0) is 19.5 Å². The van der Waals surface area contributed by atoms with Crippen molar-refractivity contribution in [2.45, 2.75) is 12.8 Å². The van der Waals surface area contributed by atoms with Crippen LogP contribution in [0, 0.1) is 18.3 Å². The van der Waals surface area contributed by atoms with Crippen molar-refractivity contribution in [1.29, 1.82) is 5.26 Å². The maximum Gasteiger partial charge on any atom is 0.0594 e. The van der Waals surface area contributed by atoms with Crippen molar-refractivity contribution in [2.24, 2.45) is 0 Å². The van der Waals surface area contributed by atoms with Crippen LogP contribution in [0.15, 0.2) is 0 Å². The Kier molecular flexibility index (Phi) is 14.1. The van der Waals surface area contributed by atoms with E-state index in [9.17, 15) is 0 Å². The molecule has 0 heterocycles. The van der Waals surface area contributed by atoms with E-state index in [-0.39, 0.29) is 19.5 Å². The van der Waals surface area contributed by atoms with Gasteiger partial charge in [-0.25, -0.2) is 0 Å². The molecule has 0 aromatic heterocycles. The Hall–Kier alpha value is 0.113. The van der Waals surface area contributed by atoms with Crippen LogP contribution in [0.25, 0.3) is 0 Å². The van der Waals surface area contributed by atoms with E-state index in [1.165, 1.54) is 0 Å². The Morgan fingerprint density at radius 3 is 2.17 bits per heavy atom. The molecule has 0 amide bonds. The van der Waals surface area contributed by atoms with Gasteiger partial charge >= 0.3 is 0 Å². The molecule has 0 saturated carbocycles. The Labute approximate surface area is 51.1 Å². The van der Waals surface area contributed by atoms with Gasteiger partial charge in [0, 0.05) is 25.9 Å². The van der Waals surface area contributed by atoms with Crippen molar-refractivity contribution in [3.8, 4) is 6.07 Å². The van der Waals surface area contributed by atoms with E-state index >= 15 is 0 Å². The molecule has 0 aromatic rings. The summed E-state index contributed by atoms with van der Waals surface area (Å²) < 4.78 is 0. The molecule has 30 valence electrons. The summed E-state index contributed by atoms with van der Waals surface area (Å²) in [5.74, 6) is 0. The fraction of sp³-hybridized carbons (Fsp3) is 0.500. The molecule has 0 aliphatic carbocycles. The molecule has 0 saturated heterocycles. The maximum atomic E-state index is 7.78. The van der Waals surface area contributed by atoms with E-state index in [1.807, 2.05) is 6.07 Å². The van der Waals surface area contributed by atoms with Crippen LogP contribution in [0.3, 0.4) is 0 Å². The average Bonchev–Trinajstić information content (AvgIpc) is 1.41. The molecule has 2 heteroatoms. The molecule has 0 spiro atoms. The second-order valence-electron chi connectivity index (χ2n) is 0.762. The van der Waals surface area contributed by atoms with Gasteiger partial charge in [-0.05, 0) is 0 Å². The summed E-state index contributed by atoms with van der Waals surface area (Å²) in [6.07, 6.45) is 1.32. The Morgan fingerprint density at radius 1 is 1.67 bits per heavy atom.